The molecular weight excluding hydrogens is 216 g/mol. The van der Waals surface area contributed by atoms with Gasteiger partial charge in [0.1, 0.15) is 5.54 Å². The molecule has 1 N–H and O–H groups in total. The Hall–Kier alpha value is -1.06. The number of hydrogen-bond donors (Lipinski definition) is 1. The van der Waals surface area contributed by atoms with E-state index in [4.69, 9.17) is 0 Å². The van der Waals surface area contributed by atoms with Crippen molar-refractivity contribution in [3.63, 3.8) is 0 Å². The summed E-state index contributed by atoms with van der Waals surface area (Å²) in [6.45, 7) is 2.42. The van der Waals surface area contributed by atoms with Gasteiger partial charge in [0, 0.05) is 6.04 Å². The van der Waals surface area contributed by atoms with Crippen molar-refractivity contribution < 1.29 is 9.59 Å². The summed E-state index contributed by atoms with van der Waals surface area (Å²) in [5, 5.41) is 2.98. The molecule has 4 heteroatoms. The minimum Gasteiger partial charge on any atom is -0.340 e. The second kappa shape index (κ2) is 3.72. The fourth-order valence-corrected chi connectivity index (χ4v) is 3.36. The number of carbonyl (C=O) groups is 2. The summed E-state index contributed by atoms with van der Waals surface area (Å²) < 4.78 is 0. The van der Waals surface area contributed by atoms with E-state index >= 15 is 0 Å². The number of nitrogens with one attached hydrogen (secondary N) is 1. The molecule has 4 nitrogen and oxygen atoms in total. The molecule has 2 saturated carbocycles. The first-order chi connectivity index (χ1) is 8.12. The molecule has 17 heavy (non-hydrogen) atoms. The number of rotatable bonds is 1. The highest BCUT2D eigenvalue weighted by Crippen LogP contribution is 2.40. The van der Waals surface area contributed by atoms with Gasteiger partial charge in [-0.3, -0.25) is 9.59 Å². The smallest absolute Gasteiger partial charge is 0.249 e. The van der Waals surface area contributed by atoms with Crippen LogP contribution in [0.3, 0.4) is 0 Å². The third-order valence-corrected chi connectivity index (χ3v) is 4.54. The van der Waals surface area contributed by atoms with Crippen LogP contribution in [0.5, 0.6) is 0 Å². The van der Waals surface area contributed by atoms with Crippen molar-refractivity contribution in [1.29, 1.82) is 0 Å². The monoisotopic (exact) mass is 236 g/mol. The number of nitrogens with zero attached hydrogens (tertiary/aromatic N) is 1. The Bertz CT molecular complexity index is 360. The number of carbonyl (C=O) groups excluding carboxylic acids is 2. The molecule has 1 aliphatic heterocycles. The van der Waals surface area contributed by atoms with E-state index in [1.165, 1.54) is 6.42 Å². The number of hydrogen-bond acceptors (Lipinski definition) is 2. The second-order valence-electron chi connectivity index (χ2n) is 5.90. The summed E-state index contributed by atoms with van der Waals surface area (Å²) in [4.78, 5) is 26.3. The predicted molar refractivity (Wildman–Crippen MR) is 63.2 cm³/mol. The minimum atomic E-state index is -0.546. The molecule has 0 aromatic carbocycles. The highest BCUT2D eigenvalue weighted by atomic mass is 16.2. The molecule has 0 bridgehead atoms. The van der Waals surface area contributed by atoms with Crippen molar-refractivity contribution in [2.24, 2.45) is 5.92 Å². The summed E-state index contributed by atoms with van der Waals surface area (Å²) in [5.74, 6) is 0.794. The summed E-state index contributed by atoms with van der Waals surface area (Å²) in [5.41, 5.74) is -0.546. The van der Waals surface area contributed by atoms with E-state index < -0.39 is 5.54 Å². The van der Waals surface area contributed by atoms with E-state index in [0.717, 1.165) is 32.1 Å². The standard InChI is InChI=1S/C13H20N2O2/c1-9-7-10(9)15-8-11(16)14-13(12(15)17)5-3-2-4-6-13/h9-10H,2-8H2,1H3,(H,14,16). The first-order valence-electron chi connectivity index (χ1n) is 6.74. The SMILES string of the molecule is CC1CC1N1CC(=O)NC2(CCCCC2)C1=O. The van der Waals surface area contributed by atoms with Gasteiger partial charge < -0.3 is 10.2 Å². The van der Waals surface area contributed by atoms with E-state index in [2.05, 4.69) is 12.2 Å². The highest BCUT2D eigenvalue weighted by Gasteiger charge is 2.52. The van der Waals surface area contributed by atoms with Crippen molar-refractivity contribution in [3.05, 3.63) is 0 Å². The molecule has 0 aromatic heterocycles. The van der Waals surface area contributed by atoms with Crippen molar-refractivity contribution in [1.82, 2.24) is 10.2 Å². The van der Waals surface area contributed by atoms with Crippen LogP contribution in [0.25, 0.3) is 0 Å². The fraction of sp³-hybridized carbons (Fsp3) is 0.846. The lowest BCUT2D eigenvalue weighted by Gasteiger charge is -2.44. The first kappa shape index (κ1) is 11.1. The lowest BCUT2D eigenvalue weighted by molar-refractivity contribution is -0.152. The van der Waals surface area contributed by atoms with Crippen LogP contribution in [0.2, 0.25) is 0 Å². The molecule has 1 heterocycles. The van der Waals surface area contributed by atoms with Crippen molar-refractivity contribution >= 4 is 11.8 Å². The van der Waals surface area contributed by atoms with Crippen LogP contribution in [0.4, 0.5) is 0 Å². The van der Waals surface area contributed by atoms with E-state index in [-0.39, 0.29) is 18.4 Å². The normalized spacial score (nSPS) is 35.9. The molecule has 3 fully saturated rings. The Kier molecular flexibility index (Phi) is 2.42. The van der Waals surface area contributed by atoms with Gasteiger partial charge >= 0.3 is 0 Å². The van der Waals surface area contributed by atoms with Gasteiger partial charge in [-0.2, -0.15) is 0 Å². The maximum Gasteiger partial charge on any atom is 0.249 e. The summed E-state index contributed by atoms with van der Waals surface area (Å²) in [7, 11) is 0. The average Bonchev–Trinajstić information content (AvgIpc) is 3.02. The number of amides is 2. The molecule has 3 rings (SSSR count). The molecular formula is C13H20N2O2. The molecule has 2 unspecified atom stereocenters. The molecule has 2 amide bonds. The summed E-state index contributed by atoms with van der Waals surface area (Å²) >= 11 is 0. The number of piperazine rings is 1. The lowest BCUT2D eigenvalue weighted by Crippen LogP contribution is -2.67. The van der Waals surface area contributed by atoms with Crippen LogP contribution in [0.1, 0.15) is 45.4 Å². The largest absolute Gasteiger partial charge is 0.340 e. The van der Waals surface area contributed by atoms with Crippen molar-refractivity contribution in [2.45, 2.75) is 57.0 Å². The van der Waals surface area contributed by atoms with Crippen LogP contribution in [-0.4, -0.2) is 34.8 Å². The van der Waals surface area contributed by atoms with Gasteiger partial charge in [-0.15, -0.1) is 0 Å². The molecule has 0 radical (unpaired) electrons. The maximum absolute atomic E-state index is 12.6. The van der Waals surface area contributed by atoms with Crippen LogP contribution in [0, 0.1) is 5.92 Å². The third-order valence-electron chi connectivity index (χ3n) is 4.54. The maximum atomic E-state index is 12.6. The van der Waals surface area contributed by atoms with Crippen molar-refractivity contribution in [3.8, 4) is 0 Å². The summed E-state index contributed by atoms with van der Waals surface area (Å²) in [6, 6.07) is 0.326. The van der Waals surface area contributed by atoms with Gasteiger partial charge in [0.15, 0.2) is 0 Å². The quantitative estimate of drug-likeness (QED) is 0.740. The van der Waals surface area contributed by atoms with E-state index in [1.807, 2.05) is 4.90 Å². The molecule has 3 aliphatic rings. The van der Waals surface area contributed by atoms with Crippen LogP contribution in [0.15, 0.2) is 0 Å². The van der Waals surface area contributed by atoms with Gasteiger partial charge in [-0.05, 0) is 25.2 Å². The van der Waals surface area contributed by atoms with Crippen LogP contribution >= 0.6 is 0 Å². The van der Waals surface area contributed by atoms with Crippen LogP contribution < -0.4 is 5.32 Å². The highest BCUT2D eigenvalue weighted by molar-refractivity contribution is 5.98. The van der Waals surface area contributed by atoms with Crippen LogP contribution in [-0.2, 0) is 9.59 Å². The Labute approximate surface area is 102 Å². The van der Waals surface area contributed by atoms with Gasteiger partial charge in [-0.1, -0.05) is 26.2 Å². The Morgan fingerprint density at radius 2 is 1.88 bits per heavy atom. The molecule has 2 aliphatic carbocycles. The molecule has 1 spiro atoms. The van der Waals surface area contributed by atoms with E-state index in [9.17, 15) is 9.59 Å². The van der Waals surface area contributed by atoms with Gasteiger partial charge in [0.05, 0.1) is 6.54 Å². The zero-order valence-corrected chi connectivity index (χ0v) is 10.4. The zero-order valence-electron chi connectivity index (χ0n) is 10.4. The van der Waals surface area contributed by atoms with E-state index in [0.29, 0.717) is 12.0 Å². The zero-order chi connectivity index (χ0) is 12.0. The minimum absolute atomic E-state index is 0.0330. The third kappa shape index (κ3) is 1.74. The Balaban J connectivity index is 1.83. The first-order valence-corrected chi connectivity index (χ1v) is 6.74. The molecule has 94 valence electrons. The molecule has 1 saturated heterocycles. The van der Waals surface area contributed by atoms with Gasteiger partial charge in [0.2, 0.25) is 11.8 Å². The average molecular weight is 236 g/mol. The topological polar surface area (TPSA) is 49.4 Å². The summed E-state index contributed by atoms with van der Waals surface area (Å²) in [6.07, 6.45) is 6.02. The Morgan fingerprint density at radius 3 is 2.47 bits per heavy atom. The van der Waals surface area contributed by atoms with Gasteiger partial charge in [0.25, 0.3) is 0 Å². The lowest BCUT2D eigenvalue weighted by atomic mass is 9.79. The van der Waals surface area contributed by atoms with Crippen molar-refractivity contribution in [2.75, 3.05) is 6.54 Å². The predicted octanol–water partition coefficient (Wildman–Crippen LogP) is 1.06. The second-order valence-corrected chi connectivity index (χ2v) is 5.90. The van der Waals surface area contributed by atoms with Gasteiger partial charge in [-0.25, -0.2) is 0 Å². The molecule has 2 atom stereocenters. The molecule has 0 aromatic rings. The van der Waals surface area contributed by atoms with E-state index in [1.54, 1.807) is 0 Å². The fourth-order valence-electron chi connectivity index (χ4n) is 3.36. The Morgan fingerprint density at radius 1 is 1.24 bits per heavy atom.